The normalized spacial score (nSPS) is 15.1. The van der Waals surface area contributed by atoms with Crippen molar-refractivity contribution in [1.82, 2.24) is 0 Å². The van der Waals surface area contributed by atoms with Crippen LogP contribution in [-0.4, -0.2) is 44.2 Å². The first-order valence-corrected chi connectivity index (χ1v) is 9.82. The molecule has 1 aliphatic heterocycles. The second-order valence-corrected chi connectivity index (χ2v) is 7.25. The molecule has 2 aromatic rings. The maximum Gasteiger partial charge on any atom is 0.416 e. The predicted octanol–water partition coefficient (Wildman–Crippen LogP) is 5.16. The predicted molar refractivity (Wildman–Crippen MR) is 109 cm³/mol. The van der Waals surface area contributed by atoms with Gasteiger partial charge in [-0.2, -0.15) is 13.2 Å². The van der Waals surface area contributed by atoms with Crippen LogP contribution in [0.15, 0.2) is 39.8 Å². The van der Waals surface area contributed by atoms with Gasteiger partial charge in [0, 0.05) is 29.3 Å². The smallest absolute Gasteiger partial charge is 0.416 e. The van der Waals surface area contributed by atoms with Crippen molar-refractivity contribution in [2.75, 3.05) is 37.8 Å². The Kier molecular flexibility index (Phi) is 6.69. The molecular weight excluding hydrogens is 453 g/mol. The summed E-state index contributed by atoms with van der Waals surface area (Å²) < 4.78 is 51.0. The van der Waals surface area contributed by atoms with Gasteiger partial charge < -0.3 is 19.5 Å². The fourth-order valence-electron chi connectivity index (χ4n) is 2.97. The van der Waals surface area contributed by atoms with Crippen LogP contribution in [0.5, 0.6) is 11.5 Å². The molecule has 0 spiro atoms. The first-order chi connectivity index (χ1) is 13.8. The third-order valence-corrected chi connectivity index (χ3v) is 4.82. The highest BCUT2D eigenvalue weighted by molar-refractivity contribution is 9.10. The van der Waals surface area contributed by atoms with Crippen molar-refractivity contribution in [2.24, 2.45) is 4.99 Å². The molecule has 0 aliphatic carbocycles. The molecule has 0 radical (unpaired) electrons. The first kappa shape index (κ1) is 21.4. The lowest BCUT2D eigenvalue weighted by Crippen LogP contribution is -2.36. The van der Waals surface area contributed by atoms with Crippen LogP contribution in [0.4, 0.5) is 24.5 Å². The van der Waals surface area contributed by atoms with Crippen molar-refractivity contribution in [3.05, 3.63) is 45.9 Å². The van der Waals surface area contributed by atoms with Crippen molar-refractivity contribution in [3.8, 4) is 11.5 Å². The minimum atomic E-state index is -4.48. The zero-order valence-electron chi connectivity index (χ0n) is 15.7. The average molecular weight is 473 g/mol. The van der Waals surface area contributed by atoms with Crippen molar-refractivity contribution in [1.29, 1.82) is 0 Å². The number of phenols is 1. The Morgan fingerprint density at radius 2 is 1.97 bits per heavy atom. The van der Waals surface area contributed by atoms with E-state index in [-0.39, 0.29) is 17.2 Å². The van der Waals surface area contributed by atoms with Gasteiger partial charge in [0.1, 0.15) is 0 Å². The molecule has 0 unspecified atom stereocenters. The molecule has 0 aromatic heterocycles. The molecule has 0 atom stereocenters. The van der Waals surface area contributed by atoms with Crippen molar-refractivity contribution in [2.45, 2.75) is 13.1 Å². The van der Waals surface area contributed by atoms with E-state index in [1.165, 1.54) is 12.3 Å². The van der Waals surface area contributed by atoms with E-state index in [1.807, 2.05) is 4.90 Å². The Morgan fingerprint density at radius 1 is 1.24 bits per heavy atom. The van der Waals surface area contributed by atoms with Crippen LogP contribution in [-0.2, 0) is 10.9 Å². The number of ether oxygens (including phenoxy) is 2. The zero-order valence-corrected chi connectivity index (χ0v) is 17.3. The third kappa shape index (κ3) is 5.22. The zero-order chi connectivity index (χ0) is 21.0. The van der Waals surface area contributed by atoms with Crippen LogP contribution >= 0.6 is 15.9 Å². The van der Waals surface area contributed by atoms with Crippen LogP contribution in [0.25, 0.3) is 0 Å². The van der Waals surface area contributed by atoms with Gasteiger partial charge in [-0.15, -0.1) is 0 Å². The topological polar surface area (TPSA) is 54.3 Å². The minimum absolute atomic E-state index is 0.126. The summed E-state index contributed by atoms with van der Waals surface area (Å²) >= 11 is 3.33. The molecule has 5 nitrogen and oxygen atoms in total. The number of aromatic hydroxyl groups is 1. The highest BCUT2D eigenvalue weighted by Gasteiger charge is 2.31. The van der Waals surface area contributed by atoms with Gasteiger partial charge in [0.2, 0.25) is 0 Å². The molecule has 0 bridgehead atoms. The number of nitrogens with zero attached hydrogens (tertiary/aromatic N) is 2. The molecule has 0 amide bonds. The SMILES string of the molecule is CCOc1cc(Br)cc(C=Nc2cc(C(F)(F)F)ccc2N2CCOCC2)c1O. The first-order valence-electron chi connectivity index (χ1n) is 9.03. The van der Waals surface area contributed by atoms with E-state index < -0.39 is 11.7 Å². The standard InChI is InChI=1S/C20H20BrF3N2O3/c1-2-29-18-11-15(21)9-13(19(18)27)12-25-16-10-14(20(22,23)24)3-4-17(16)26-5-7-28-8-6-26/h3-4,9-12,27H,2,5-8H2,1H3. The molecule has 1 fully saturated rings. The van der Waals surface area contributed by atoms with Crippen molar-refractivity contribution < 1.29 is 27.8 Å². The molecule has 9 heteroatoms. The fourth-order valence-corrected chi connectivity index (χ4v) is 3.43. The molecule has 1 heterocycles. The third-order valence-electron chi connectivity index (χ3n) is 4.37. The van der Waals surface area contributed by atoms with E-state index in [9.17, 15) is 18.3 Å². The lowest BCUT2D eigenvalue weighted by molar-refractivity contribution is -0.137. The highest BCUT2D eigenvalue weighted by Crippen LogP contribution is 2.38. The Hall–Kier alpha value is -2.26. The summed E-state index contributed by atoms with van der Waals surface area (Å²) in [4.78, 5) is 6.22. The van der Waals surface area contributed by atoms with Gasteiger partial charge in [-0.3, -0.25) is 4.99 Å². The monoisotopic (exact) mass is 472 g/mol. The summed E-state index contributed by atoms with van der Waals surface area (Å²) in [5.41, 5.74) is 0.291. The van der Waals surface area contributed by atoms with Gasteiger partial charge in [0.25, 0.3) is 0 Å². The van der Waals surface area contributed by atoms with E-state index in [1.54, 1.807) is 19.1 Å². The van der Waals surface area contributed by atoms with Crippen LogP contribution in [0.2, 0.25) is 0 Å². The summed E-state index contributed by atoms with van der Waals surface area (Å²) in [6.45, 7) is 4.25. The van der Waals surface area contributed by atoms with Crippen molar-refractivity contribution >= 4 is 33.5 Å². The molecule has 156 valence electrons. The lowest BCUT2D eigenvalue weighted by atomic mass is 10.1. The second kappa shape index (κ2) is 9.04. The molecule has 2 aromatic carbocycles. The van der Waals surface area contributed by atoms with Gasteiger partial charge in [-0.25, -0.2) is 0 Å². The number of hydrogen-bond acceptors (Lipinski definition) is 5. The minimum Gasteiger partial charge on any atom is -0.504 e. The number of hydrogen-bond donors (Lipinski definition) is 1. The summed E-state index contributed by atoms with van der Waals surface area (Å²) in [7, 11) is 0. The molecule has 1 N–H and O–H groups in total. The van der Waals surface area contributed by atoms with Gasteiger partial charge >= 0.3 is 6.18 Å². The highest BCUT2D eigenvalue weighted by atomic mass is 79.9. The molecule has 0 saturated carbocycles. The average Bonchev–Trinajstić information content (AvgIpc) is 2.69. The molecule has 29 heavy (non-hydrogen) atoms. The summed E-state index contributed by atoms with van der Waals surface area (Å²) in [6, 6.07) is 6.71. The number of phenolic OH excluding ortho intramolecular Hbond substituents is 1. The van der Waals surface area contributed by atoms with Crippen LogP contribution in [0.3, 0.4) is 0 Å². The second-order valence-electron chi connectivity index (χ2n) is 6.33. The van der Waals surface area contributed by atoms with Gasteiger partial charge in [-0.1, -0.05) is 15.9 Å². The molecular formula is C20H20BrF3N2O3. The van der Waals surface area contributed by atoms with E-state index >= 15 is 0 Å². The maximum absolute atomic E-state index is 13.2. The summed E-state index contributed by atoms with van der Waals surface area (Å²) in [5.74, 6) is 0.138. The Labute approximate surface area is 174 Å². The van der Waals surface area contributed by atoms with E-state index in [0.717, 1.165) is 12.1 Å². The largest absolute Gasteiger partial charge is 0.504 e. The number of alkyl halides is 3. The van der Waals surface area contributed by atoms with Gasteiger partial charge in [0.05, 0.1) is 36.8 Å². The van der Waals surface area contributed by atoms with Crippen LogP contribution in [0, 0.1) is 0 Å². The van der Waals surface area contributed by atoms with E-state index in [0.29, 0.717) is 48.6 Å². The Morgan fingerprint density at radius 3 is 2.62 bits per heavy atom. The van der Waals surface area contributed by atoms with Crippen LogP contribution < -0.4 is 9.64 Å². The van der Waals surface area contributed by atoms with E-state index in [4.69, 9.17) is 9.47 Å². The summed E-state index contributed by atoms with van der Waals surface area (Å²) in [5, 5.41) is 10.4. The fraction of sp³-hybridized carbons (Fsp3) is 0.350. The van der Waals surface area contributed by atoms with Crippen molar-refractivity contribution in [3.63, 3.8) is 0 Å². The Bertz CT molecular complexity index is 897. The number of morpholine rings is 1. The number of anilines is 1. The van der Waals surface area contributed by atoms with Crippen LogP contribution in [0.1, 0.15) is 18.1 Å². The number of halogens is 4. The molecule has 1 saturated heterocycles. The number of benzene rings is 2. The molecule has 1 aliphatic rings. The lowest BCUT2D eigenvalue weighted by Gasteiger charge is -2.30. The summed E-state index contributed by atoms with van der Waals surface area (Å²) in [6.07, 6.45) is -3.14. The quantitative estimate of drug-likeness (QED) is 0.610. The van der Waals surface area contributed by atoms with E-state index in [2.05, 4.69) is 20.9 Å². The van der Waals surface area contributed by atoms with Gasteiger partial charge in [-0.05, 0) is 37.3 Å². The van der Waals surface area contributed by atoms with Gasteiger partial charge in [0.15, 0.2) is 11.5 Å². The maximum atomic E-state index is 13.2. The number of aliphatic imine (C=N–C) groups is 1. The molecule has 3 rings (SSSR count). The Balaban J connectivity index is 2.02. The number of rotatable bonds is 5.